The molecule has 0 spiro atoms. The SMILES string of the molecule is COc1ccc(C(=O)[C@H](C)Sc2ccc(-n3nc(C)cc3C)nn2)cc1. The van der Waals surface area contributed by atoms with Crippen LogP contribution < -0.4 is 4.74 Å². The summed E-state index contributed by atoms with van der Waals surface area (Å²) in [7, 11) is 1.60. The molecular weight excluding hydrogens is 348 g/mol. The summed E-state index contributed by atoms with van der Waals surface area (Å²) in [6.45, 7) is 5.78. The number of Topliss-reactive ketones (excluding diaryl/α,β-unsaturated/α-hetero) is 1. The summed E-state index contributed by atoms with van der Waals surface area (Å²) in [5, 5.41) is 13.3. The van der Waals surface area contributed by atoms with E-state index in [4.69, 9.17) is 4.74 Å². The number of aromatic nitrogens is 4. The number of ketones is 1. The second-order valence-corrected chi connectivity index (χ2v) is 7.28. The fourth-order valence-corrected chi connectivity index (χ4v) is 3.41. The van der Waals surface area contributed by atoms with Gasteiger partial charge in [-0.1, -0.05) is 11.8 Å². The number of hydrogen-bond acceptors (Lipinski definition) is 6. The van der Waals surface area contributed by atoms with Crippen molar-refractivity contribution in [2.45, 2.75) is 31.0 Å². The molecule has 0 N–H and O–H groups in total. The Hall–Kier alpha value is -2.67. The van der Waals surface area contributed by atoms with Gasteiger partial charge in [-0.25, -0.2) is 4.68 Å². The van der Waals surface area contributed by atoms with Crippen LogP contribution in [0.1, 0.15) is 28.7 Å². The maximum Gasteiger partial charge on any atom is 0.175 e. The Bertz CT molecular complexity index is 904. The first-order chi connectivity index (χ1) is 12.5. The quantitative estimate of drug-likeness (QED) is 0.489. The number of methoxy groups -OCH3 is 1. The molecule has 7 heteroatoms. The highest BCUT2D eigenvalue weighted by molar-refractivity contribution is 8.00. The number of carbonyl (C=O) groups excluding carboxylic acids is 1. The fourth-order valence-electron chi connectivity index (χ4n) is 2.57. The maximum atomic E-state index is 12.6. The Morgan fingerprint density at radius 1 is 1.12 bits per heavy atom. The molecule has 1 aromatic carbocycles. The molecule has 0 fully saturated rings. The van der Waals surface area contributed by atoms with E-state index in [2.05, 4.69) is 15.3 Å². The van der Waals surface area contributed by atoms with Gasteiger partial charge in [-0.05, 0) is 63.2 Å². The van der Waals surface area contributed by atoms with Crippen molar-refractivity contribution in [3.63, 3.8) is 0 Å². The second-order valence-electron chi connectivity index (χ2n) is 5.92. The van der Waals surface area contributed by atoms with Crippen molar-refractivity contribution in [3.05, 3.63) is 59.4 Å². The summed E-state index contributed by atoms with van der Waals surface area (Å²) in [6, 6.07) is 12.8. The average Bonchev–Trinajstić information content (AvgIpc) is 3.00. The van der Waals surface area contributed by atoms with Gasteiger partial charge in [-0.2, -0.15) is 5.10 Å². The van der Waals surface area contributed by atoms with Crippen LogP contribution in [-0.4, -0.2) is 38.1 Å². The topological polar surface area (TPSA) is 69.9 Å². The van der Waals surface area contributed by atoms with E-state index in [0.717, 1.165) is 17.1 Å². The van der Waals surface area contributed by atoms with E-state index in [9.17, 15) is 4.79 Å². The van der Waals surface area contributed by atoms with Crippen LogP contribution in [0.5, 0.6) is 5.75 Å². The van der Waals surface area contributed by atoms with Gasteiger partial charge in [-0.15, -0.1) is 10.2 Å². The average molecular weight is 368 g/mol. The third-order valence-corrected chi connectivity index (χ3v) is 4.92. The molecule has 0 saturated heterocycles. The van der Waals surface area contributed by atoms with Crippen molar-refractivity contribution in [2.75, 3.05) is 7.11 Å². The van der Waals surface area contributed by atoms with Gasteiger partial charge in [0.25, 0.3) is 0 Å². The van der Waals surface area contributed by atoms with E-state index in [1.54, 1.807) is 36.1 Å². The molecule has 3 aromatic rings. The Morgan fingerprint density at radius 2 is 1.85 bits per heavy atom. The van der Waals surface area contributed by atoms with Crippen molar-refractivity contribution in [2.24, 2.45) is 0 Å². The highest BCUT2D eigenvalue weighted by atomic mass is 32.2. The number of rotatable bonds is 6. The van der Waals surface area contributed by atoms with Crippen LogP contribution in [0.4, 0.5) is 0 Å². The third kappa shape index (κ3) is 3.94. The molecule has 0 saturated carbocycles. The normalized spacial score (nSPS) is 12.0. The molecule has 0 bridgehead atoms. The predicted molar refractivity (Wildman–Crippen MR) is 101 cm³/mol. The monoisotopic (exact) mass is 368 g/mol. The summed E-state index contributed by atoms with van der Waals surface area (Å²) in [5.74, 6) is 1.43. The highest BCUT2D eigenvalue weighted by Crippen LogP contribution is 2.25. The number of aryl methyl sites for hydroxylation is 2. The van der Waals surface area contributed by atoms with Crippen LogP contribution >= 0.6 is 11.8 Å². The van der Waals surface area contributed by atoms with Gasteiger partial charge in [-0.3, -0.25) is 4.79 Å². The number of carbonyl (C=O) groups is 1. The van der Waals surface area contributed by atoms with Crippen LogP contribution in [0, 0.1) is 13.8 Å². The fraction of sp³-hybridized carbons (Fsp3) is 0.263. The molecule has 0 aliphatic carbocycles. The van der Waals surface area contributed by atoms with Gasteiger partial charge in [0.2, 0.25) is 0 Å². The summed E-state index contributed by atoms with van der Waals surface area (Å²) in [5.41, 5.74) is 2.58. The first kappa shape index (κ1) is 18.1. The molecule has 2 aromatic heterocycles. The standard InChI is InChI=1S/C19H20N4O2S/c1-12-11-13(2)23(22-12)17-9-10-18(21-20-17)26-14(3)19(24)15-5-7-16(25-4)8-6-15/h5-11,14H,1-4H3/t14-/m0/s1. The van der Waals surface area contributed by atoms with Gasteiger partial charge in [0.1, 0.15) is 10.8 Å². The summed E-state index contributed by atoms with van der Waals surface area (Å²) in [6.07, 6.45) is 0. The van der Waals surface area contributed by atoms with Crippen LogP contribution in [0.3, 0.4) is 0 Å². The van der Waals surface area contributed by atoms with Crippen molar-refractivity contribution in [1.29, 1.82) is 0 Å². The zero-order chi connectivity index (χ0) is 18.7. The van der Waals surface area contributed by atoms with E-state index in [1.807, 2.05) is 39.0 Å². The molecule has 3 rings (SSSR count). The zero-order valence-corrected chi connectivity index (χ0v) is 15.9. The predicted octanol–water partition coefficient (Wildman–Crippen LogP) is 3.65. The smallest absolute Gasteiger partial charge is 0.175 e. The van der Waals surface area contributed by atoms with Gasteiger partial charge in [0, 0.05) is 11.3 Å². The van der Waals surface area contributed by atoms with Gasteiger partial charge in [0.15, 0.2) is 11.6 Å². The minimum Gasteiger partial charge on any atom is -0.497 e. The van der Waals surface area contributed by atoms with E-state index in [-0.39, 0.29) is 11.0 Å². The lowest BCUT2D eigenvalue weighted by Crippen LogP contribution is -2.14. The number of hydrogen-bond donors (Lipinski definition) is 0. The Labute approximate surface area is 156 Å². The van der Waals surface area contributed by atoms with Crippen LogP contribution in [0.25, 0.3) is 5.82 Å². The molecule has 6 nitrogen and oxygen atoms in total. The first-order valence-corrected chi connectivity index (χ1v) is 9.08. The first-order valence-electron chi connectivity index (χ1n) is 8.20. The van der Waals surface area contributed by atoms with Crippen molar-refractivity contribution < 1.29 is 9.53 Å². The zero-order valence-electron chi connectivity index (χ0n) is 15.1. The molecule has 26 heavy (non-hydrogen) atoms. The summed E-state index contributed by atoms with van der Waals surface area (Å²) >= 11 is 1.39. The molecule has 0 aliphatic heterocycles. The van der Waals surface area contributed by atoms with Crippen LogP contribution in [0.15, 0.2) is 47.5 Å². The Kier molecular flexibility index (Phi) is 5.37. The molecular formula is C19H20N4O2S. The molecule has 1 atom stereocenters. The summed E-state index contributed by atoms with van der Waals surface area (Å²) < 4.78 is 6.87. The molecule has 0 aliphatic rings. The number of ether oxygens (including phenoxy) is 1. The lowest BCUT2D eigenvalue weighted by Gasteiger charge is -2.10. The second kappa shape index (κ2) is 7.70. The molecule has 2 heterocycles. The van der Waals surface area contributed by atoms with E-state index in [0.29, 0.717) is 16.4 Å². The lowest BCUT2D eigenvalue weighted by atomic mass is 10.1. The minimum absolute atomic E-state index is 0.0436. The van der Waals surface area contributed by atoms with Crippen molar-refractivity contribution in [3.8, 4) is 11.6 Å². The van der Waals surface area contributed by atoms with Gasteiger partial charge < -0.3 is 4.74 Å². The minimum atomic E-state index is -0.266. The van der Waals surface area contributed by atoms with E-state index >= 15 is 0 Å². The van der Waals surface area contributed by atoms with Crippen LogP contribution in [0.2, 0.25) is 0 Å². The van der Waals surface area contributed by atoms with Crippen molar-refractivity contribution in [1.82, 2.24) is 20.0 Å². The molecule has 0 amide bonds. The van der Waals surface area contributed by atoms with E-state index in [1.165, 1.54) is 11.8 Å². The number of thioether (sulfide) groups is 1. The van der Waals surface area contributed by atoms with Crippen LogP contribution in [-0.2, 0) is 0 Å². The largest absolute Gasteiger partial charge is 0.497 e. The summed E-state index contributed by atoms with van der Waals surface area (Å²) in [4.78, 5) is 12.6. The van der Waals surface area contributed by atoms with Gasteiger partial charge in [0.05, 0.1) is 18.1 Å². The Balaban J connectivity index is 1.69. The molecule has 134 valence electrons. The number of benzene rings is 1. The Morgan fingerprint density at radius 3 is 2.38 bits per heavy atom. The molecule has 0 radical (unpaired) electrons. The molecule has 0 unspecified atom stereocenters. The van der Waals surface area contributed by atoms with Crippen molar-refractivity contribution >= 4 is 17.5 Å². The van der Waals surface area contributed by atoms with E-state index < -0.39 is 0 Å². The highest BCUT2D eigenvalue weighted by Gasteiger charge is 2.17. The number of nitrogens with zero attached hydrogens (tertiary/aromatic N) is 4. The van der Waals surface area contributed by atoms with Gasteiger partial charge >= 0.3 is 0 Å². The third-order valence-electron chi connectivity index (χ3n) is 3.89. The maximum absolute atomic E-state index is 12.6. The lowest BCUT2D eigenvalue weighted by molar-refractivity contribution is 0.0994.